The fraction of sp³-hybridized carbons (Fsp3) is 0.455. The quantitative estimate of drug-likeness (QED) is 0.253. The topological polar surface area (TPSA) is 245 Å². The van der Waals surface area contributed by atoms with Gasteiger partial charge in [0.1, 0.15) is 30.2 Å². The van der Waals surface area contributed by atoms with E-state index in [1.807, 2.05) is 0 Å². The molecule has 0 amide bonds. The molecule has 6 atom stereocenters. The highest BCUT2D eigenvalue weighted by atomic mass is 31.3. The van der Waals surface area contributed by atoms with E-state index >= 15 is 0 Å². The summed E-state index contributed by atoms with van der Waals surface area (Å²) in [5.41, 5.74) is 6.16. The maximum atomic E-state index is 14.6. The lowest BCUT2D eigenvalue weighted by Gasteiger charge is -2.19. The number of fused-ring (bicyclic) bond motifs is 1. The molecule has 0 saturated carbocycles. The number of alkyl halides is 1. The zero-order chi connectivity index (χ0) is 23.2. The number of phosphoric ester groups is 1. The van der Waals surface area contributed by atoms with Crippen LogP contribution in [0.25, 0.3) is 5.52 Å². The molecular formula is C11H16FN4O12P3. The minimum atomic E-state index is -5.72. The Bertz CT molecular complexity index is 1110. The fourth-order valence-corrected chi connectivity index (χ4v) is 5.79. The van der Waals surface area contributed by atoms with Crippen molar-refractivity contribution in [2.75, 3.05) is 12.3 Å². The molecule has 2 aromatic rings. The molecule has 3 rings (SSSR count). The van der Waals surface area contributed by atoms with Crippen molar-refractivity contribution in [3.8, 4) is 0 Å². The monoisotopic (exact) mass is 508 g/mol. The summed E-state index contributed by atoms with van der Waals surface area (Å²) in [5, 5.41) is 14.0. The van der Waals surface area contributed by atoms with Crippen LogP contribution in [0.15, 0.2) is 18.5 Å². The average Bonchev–Trinajstić information content (AvgIpc) is 3.13. The lowest BCUT2D eigenvalue weighted by atomic mass is 10.1. The smallest absolute Gasteiger partial charge is 0.387 e. The van der Waals surface area contributed by atoms with E-state index in [2.05, 4.69) is 23.2 Å². The van der Waals surface area contributed by atoms with Gasteiger partial charge in [-0.2, -0.15) is 13.7 Å². The molecule has 2 aromatic heterocycles. The highest BCUT2D eigenvalue weighted by molar-refractivity contribution is 7.66. The number of aliphatic hydroxyl groups is 1. The Morgan fingerprint density at radius 3 is 2.48 bits per heavy atom. The van der Waals surface area contributed by atoms with Crippen molar-refractivity contribution in [2.45, 2.75) is 24.5 Å². The molecule has 174 valence electrons. The summed E-state index contributed by atoms with van der Waals surface area (Å²) in [6.07, 6.45) is -5.74. The second kappa shape index (κ2) is 8.56. The van der Waals surface area contributed by atoms with Crippen LogP contribution in [-0.2, 0) is 31.6 Å². The van der Waals surface area contributed by atoms with Gasteiger partial charge in [0.15, 0.2) is 12.0 Å². The summed E-state index contributed by atoms with van der Waals surface area (Å²) in [6, 6.07) is 2.89. The molecule has 0 spiro atoms. The number of hydrogen-bond acceptors (Lipinski definition) is 11. The van der Waals surface area contributed by atoms with Crippen LogP contribution < -0.4 is 5.73 Å². The SMILES string of the molecule is Nc1ncnn2c([C@@H]3O[C@H](COP(=O)(O)OP(=O)(O)OP(=O)(O)O)[C@@H](O)[C@H]3F)ccc12. The molecule has 0 aromatic carbocycles. The number of nitrogens with zero attached hydrogens (tertiary/aromatic N) is 3. The summed E-state index contributed by atoms with van der Waals surface area (Å²) in [4.78, 5) is 39.3. The van der Waals surface area contributed by atoms with Crippen LogP contribution >= 0.6 is 23.5 Å². The molecule has 1 aliphatic rings. The summed E-state index contributed by atoms with van der Waals surface area (Å²) < 4.78 is 66.3. The number of phosphoric acid groups is 3. The predicted molar refractivity (Wildman–Crippen MR) is 95.7 cm³/mol. The summed E-state index contributed by atoms with van der Waals surface area (Å²) in [5.74, 6) is 0.0967. The van der Waals surface area contributed by atoms with Crippen molar-refractivity contribution >= 4 is 34.8 Å². The standard InChI is InChI=1S/C11H16FN4O12P3/c12-8-9(17)7(3-25-30(21,22)28-31(23,24)27-29(18,19)20)26-10(8)5-1-2-6-11(13)14-4-15-16(5)6/h1-2,4,7-10,17H,3H2,(H,21,22)(H,23,24)(H2,13,14,15)(H2,18,19,20)/t7-,8-,9-,10+/m1/s1. The normalized spacial score (nSPS) is 28.5. The minimum absolute atomic E-state index is 0.0967. The molecule has 3 heterocycles. The maximum Gasteiger partial charge on any atom is 0.490 e. The first kappa shape index (κ1) is 24.3. The van der Waals surface area contributed by atoms with Crippen molar-refractivity contribution in [3.63, 3.8) is 0 Å². The second-order valence-electron chi connectivity index (χ2n) is 6.12. The van der Waals surface area contributed by atoms with Gasteiger partial charge in [-0.1, -0.05) is 0 Å². The lowest BCUT2D eigenvalue weighted by molar-refractivity contribution is -0.0235. The minimum Gasteiger partial charge on any atom is -0.387 e. The van der Waals surface area contributed by atoms with Gasteiger partial charge < -0.3 is 35.2 Å². The van der Waals surface area contributed by atoms with Crippen molar-refractivity contribution in [1.82, 2.24) is 14.6 Å². The molecule has 1 aliphatic heterocycles. The number of nitrogens with two attached hydrogens (primary N) is 1. The maximum absolute atomic E-state index is 14.6. The number of rotatable bonds is 8. The lowest BCUT2D eigenvalue weighted by Crippen LogP contribution is -2.31. The van der Waals surface area contributed by atoms with Crippen LogP contribution in [0.1, 0.15) is 11.8 Å². The first-order chi connectivity index (χ1) is 14.2. The third-order valence-corrected chi connectivity index (χ3v) is 7.74. The van der Waals surface area contributed by atoms with Gasteiger partial charge in [0.25, 0.3) is 0 Å². The Labute approximate surface area is 171 Å². The Balaban J connectivity index is 1.69. The first-order valence-electron chi connectivity index (χ1n) is 8.03. The van der Waals surface area contributed by atoms with Gasteiger partial charge in [0.2, 0.25) is 0 Å². The van der Waals surface area contributed by atoms with E-state index in [0.717, 1.165) is 6.33 Å². The van der Waals surface area contributed by atoms with Crippen LogP contribution in [0, 0.1) is 0 Å². The van der Waals surface area contributed by atoms with Crippen LogP contribution in [0.4, 0.5) is 10.2 Å². The van der Waals surface area contributed by atoms with Crippen molar-refractivity contribution in [3.05, 3.63) is 24.2 Å². The van der Waals surface area contributed by atoms with Crippen molar-refractivity contribution < 1.29 is 60.6 Å². The van der Waals surface area contributed by atoms with E-state index in [1.54, 1.807) is 0 Å². The zero-order valence-corrected chi connectivity index (χ0v) is 17.7. The number of aromatic nitrogens is 3. The highest BCUT2D eigenvalue weighted by Gasteiger charge is 2.48. The molecule has 1 fully saturated rings. The molecule has 31 heavy (non-hydrogen) atoms. The Kier molecular flexibility index (Phi) is 6.71. The summed E-state index contributed by atoms with van der Waals surface area (Å²) in [6.45, 7) is -1.01. The molecule has 0 bridgehead atoms. The largest absolute Gasteiger partial charge is 0.490 e. The summed E-state index contributed by atoms with van der Waals surface area (Å²) >= 11 is 0. The second-order valence-corrected chi connectivity index (χ2v) is 10.5. The first-order valence-corrected chi connectivity index (χ1v) is 12.6. The third-order valence-electron chi connectivity index (χ3n) is 3.94. The number of anilines is 1. The fourth-order valence-electron chi connectivity index (χ4n) is 2.76. The van der Waals surface area contributed by atoms with E-state index in [-0.39, 0.29) is 11.5 Å². The van der Waals surface area contributed by atoms with E-state index in [4.69, 9.17) is 25.2 Å². The zero-order valence-electron chi connectivity index (χ0n) is 15.0. The molecule has 1 saturated heterocycles. The van der Waals surface area contributed by atoms with Crippen LogP contribution in [-0.4, -0.2) is 64.3 Å². The number of ether oxygens (including phenoxy) is 1. The third kappa shape index (κ3) is 5.73. The Morgan fingerprint density at radius 1 is 1.16 bits per heavy atom. The van der Waals surface area contributed by atoms with Gasteiger partial charge in [0.05, 0.1) is 12.3 Å². The van der Waals surface area contributed by atoms with Gasteiger partial charge in [-0.15, -0.1) is 0 Å². The molecule has 20 heteroatoms. The highest BCUT2D eigenvalue weighted by Crippen LogP contribution is 2.66. The van der Waals surface area contributed by atoms with Gasteiger partial charge in [0, 0.05) is 0 Å². The Morgan fingerprint density at radius 2 is 1.84 bits per heavy atom. The summed E-state index contributed by atoms with van der Waals surface area (Å²) in [7, 11) is -16.7. The van der Waals surface area contributed by atoms with E-state index in [9.17, 15) is 28.1 Å². The molecular weight excluding hydrogens is 492 g/mol. The average molecular weight is 508 g/mol. The number of aliphatic hydroxyl groups excluding tert-OH is 1. The molecule has 7 N–H and O–H groups in total. The van der Waals surface area contributed by atoms with E-state index < -0.39 is 54.6 Å². The van der Waals surface area contributed by atoms with Crippen molar-refractivity contribution in [2.24, 2.45) is 0 Å². The van der Waals surface area contributed by atoms with E-state index in [1.165, 1.54) is 16.6 Å². The van der Waals surface area contributed by atoms with Crippen molar-refractivity contribution in [1.29, 1.82) is 0 Å². The van der Waals surface area contributed by atoms with Gasteiger partial charge in [-0.25, -0.2) is 27.6 Å². The molecule has 16 nitrogen and oxygen atoms in total. The van der Waals surface area contributed by atoms with Gasteiger partial charge in [-0.05, 0) is 12.1 Å². The molecule has 2 unspecified atom stereocenters. The Hall–Kier alpha value is -1.32. The predicted octanol–water partition coefficient (Wildman–Crippen LogP) is -0.206. The molecule has 0 radical (unpaired) electrons. The number of nitrogen functional groups attached to an aromatic ring is 1. The van der Waals surface area contributed by atoms with Crippen LogP contribution in [0.5, 0.6) is 0 Å². The van der Waals surface area contributed by atoms with Gasteiger partial charge in [-0.3, -0.25) is 4.52 Å². The van der Waals surface area contributed by atoms with Gasteiger partial charge >= 0.3 is 23.5 Å². The number of halogens is 1. The van der Waals surface area contributed by atoms with Crippen LogP contribution in [0.3, 0.4) is 0 Å². The van der Waals surface area contributed by atoms with E-state index in [0.29, 0.717) is 5.52 Å². The molecule has 0 aliphatic carbocycles. The van der Waals surface area contributed by atoms with Crippen LogP contribution in [0.2, 0.25) is 0 Å². The number of hydrogen-bond donors (Lipinski definition) is 6.